The highest BCUT2D eigenvalue weighted by atomic mass is 32.2. The van der Waals surface area contributed by atoms with Crippen LogP contribution in [0, 0.1) is 0 Å². The van der Waals surface area contributed by atoms with E-state index < -0.39 is 0 Å². The van der Waals surface area contributed by atoms with Gasteiger partial charge in [-0.05, 0) is 49.7 Å². The third-order valence-electron chi connectivity index (χ3n) is 6.96. The first-order chi connectivity index (χ1) is 18.1. The molecule has 2 atom stereocenters. The highest BCUT2D eigenvalue weighted by Gasteiger charge is 2.33. The first-order valence-electron chi connectivity index (χ1n) is 12.4. The summed E-state index contributed by atoms with van der Waals surface area (Å²) >= 11 is 1.50. The Kier molecular flexibility index (Phi) is 6.47. The van der Waals surface area contributed by atoms with E-state index in [9.17, 15) is 9.59 Å². The molecule has 0 spiro atoms. The second-order valence-electron chi connectivity index (χ2n) is 9.36. The molecule has 2 aromatic heterocycles. The van der Waals surface area contributed by atoms with Crippen molar-refractivity contribution < 1.29 is 19.1 Å². The zero-order valence-corrected chi connectivity index (χ0v) is 21.3. The minimum absolute atomic E-state index is 0.0267. The van der Waals surface area contributed by atoms with Gasteiger partial charge in [0.05, 0.1) is 36.3 Å². The van der Waals surface area contributed by atoms with E-state index in [0.717, 1.165) is 65.5 Å². The maximum Gasteiger partial charge on any atom is 0.414 e. The average Bonchev–Trinajstić information content (AvgIpc) is 3.54. The molecular weight excluding hydrogens is 492 g/mol. The van der Waals surface area contributed by atoms with Crippen LogP contribution in [0.1, 0.15) is 12.8 Å². The number of fused-ring (bicyclic) bond motifs is 2. The number of hydrogen-bond donors (Lipinski definition) is 2. The van der Waals surface area contributed by atoms with E-state index >= 15 is 0 Å². The third kappa shape index (κ3) is 4.88. The van der Waals surface area contributed by atoms with Gasteiger partial charge in [0, 0.05) is 42.0 Å². The topological polar surface area (TPSA) is 109 Å². The van der Waals surface area contributed by atoms with Crippen LogP contribution in [-0.4, -0.2) is 73.2 Å². The van der Waals surface area contributed by atoms with Crippen molar-refractivity contribution in [2.75, 3.05) is 54.2 Å². The molecule has 0 saturated carbocycles. The molecule has 10 nitrogen and oxygen atoms in total. The quantitative estimate of drug-likeness (QED) is 0.485. The number of rotatable bonds is 7. The summed E-state index contributed by atoms with van der Waals surface area (Å²) in [5.41, 5.74) is 4.25. The van der Waals surface area contributed by atoms with E-state index in [1.165, 1.54) is 11.8 Å². The molecular formula is C26H28N6O4S. The first kappa shape index (κ1) is 23.8. The normalized spacial score (nSPS) is 21.2. The molecule has 192 valence electrons. The molecule has 2 N–H and O–H groups in total. The Labute approximate surface area is 218 Å². The van der Waals surface area contributed by atoms with Crippen molar-refractivity contribution in [3.63, 3.8) is 0 Å². The van der Waals surface area contributed by atoms with Gasteiger partial charge in [-0.2, -0.15) is 0 Å². The summed E-state index contributed by atoms with van der Waals surface area (Å²) in [5.74, 6) is 0.965. The monoisotopic (exact) mass is 520 g/mol. The predicted octanol–water partition coefficient (Wildman–Crippen LogP) is 3.27. The largest absolute Gasteiger partial charge is 0.481 e. The second kappa shape index (κ2) is 10.1. The molecule has 3 aliphatic rings. The summed E-state index contributed by atoms with van der Waals surface area (Å²) in [7, 11) is 1.62. The molecule has 2 fully saturated rings. The smallest absolute Gasteiger partial charge is 0.414 e. The van der Waals surface area contributed by atoms with Crippen LogP contribution in [0.2, 0.25) is 0 Å². The Bertz CT molecular complexity index is 1350. The lowest BCUT2D eigenvalue weighted by Gasteiger charge is -2.21. The lowest BCUT2D eigenvalue weighted by atomic mass is 10.2. The summed E-state index contributed by atoms with van der Waals surface area (Å²) in [6.45, 7) is 3.04. The van der Waals surface area contributed by atoms with E-state index in [2.05, 4.69) is 25.5 Å². The fourth-order valence-corrected chi connectivity index (χ4v) is 5.87. The number of carbonyl (C=O) groups excluding carboxylic acids is 2. The van der Waals surface area contributed by atoms with Crippen LogP contribution in [0.4, 0.5) is 21.9 Å². The van der Waals surface area contributed by atoms with Gasteiger partial charge in [0.25, 0.3) is 0 Å². The molecule has 0 bridgehead atoms. The number of anilines is 3. The standard InChI is InChI=1S/C26H28N6O4S/c1-35-24-5-3-19-25(30-24)21(7-10-28-19)31-11-8-16(13-31)27-9-6-18-14-32(26(34)36-18)17-2-4-22-20(12-17)29-23(33)15-37-22/h2-5,7,10,12,16,18,27H,6,8-9,11,13-15H2,1H3,(H,29,33)/t16-,18?/m0/s1. The molecule has 6 rings (SSSR count). The summed E-state index contributed by atoms with van der Waals surface area (Å²) in [4.78, 5) is 38.3. The summed E-state index contributed by atoms with van der Waals surface area (Å²) < 4.78 is 10.9. The molecule has 2 saturated heterocycles. The van der Waals surface area contributed by atoms with Crippen LogP contribution in [0.3, 0.4) is 0 Å². The van der Waals surface area contributed by atoms with Gasteiger partial charge in [-0.15, -0.1) is 11.8 Å². The average molecular weight is 521 g/mol. The maximum absolute atomic E-state index is 12.6. The highest BCUT2D eigenvalue weighted by molar-refractivity contribution is 8.00. The van der Waals surface area contributed by atoms with Gasteiger partial charge in [0.15, 0.2) is 0 Å². The van der Waals surface area contributed by atoms with Crippen molar-refractivity contribution in [2.24, 2.45) is 0 Å². The van der Waals surface area contributed by atoms with Gasteiger partial charge < -0.3 is 25.0 Å². The number of thioether (sulfide) groups is 1. The van der Waals surface area contributed by atoms with Crippen molar-refractivity contribution in [3.8, 4) is 5.88 Å². The number of carbonyl (C=O) groups is 2. The van der Waals surface area contributed by atoms with Gasteiger partial charge >= 0.3 is 6.09 Å². The summed E-state index contributed by atoms with van der Waals surface area (Å²) in [6, 6.07) is 11.8. The van der Waals surface area contributed by atoms with Crippen molar-refractivity contribution in [1.29, 1.82) is 0 Å². The molecule has 5 heterocycles. The fraction of sp³-hybridized carbons (Fsp3) is 0.385. The molecule has 3 aliphatic heterocycles. The zero-order chi connectivity index (χ0) is 25.4. The van der Waals surface area contributed by atoms with Crippen LogP contribution in [0.15, 0.2) is 47.5 Å². The molecule has 1 unspecified atom stereocenters. The Morgan fingerprint density at radius 3 is 3.03 bits per heavy atom. The Balaban J connectivity index is 1.03. The minimum Gasteiger partial charge on any atom is -0.481 e. The van der Waals surface area contributed by atoms with Gasteiger partial charge in [-0.25, -0.2) is 9.78 Å². The van der Waals surface area contributed by atoms with Crippen LogP contribution in [0.5, 0.6) is 5.88 Å². The Morgan fingerprint density at radius 2 is 2.14 bits per heavy atom. The lowest BCUT2D eigenvalue weighted by molar-refractivity contribution is -0.113. The van der Waals surface area contributed by atoms with Gasteiger partial charge in [0.1, 0.15) is 11.6 Å². The summed E-state index contributed by atoms with van der Waals surface area (Å²) in [6.07, 6.45) is 3.04. The Hall–Kier alpha value is -3.57. The zero-order valence-electron chi connectivity index (χ0n) is 20.5. The van der Waals surface area contributed by atoms with Crippen molar-refractivity contribution >= 4 is 51.9 Å². The predicted molar refractivity (Wildman–Crippen MR) is 143 cm³/mol. The molecule has 0 aliphatic carbocycles. The molecule has 2 amide bonds. The van der Waals surface area contributed by atoms with Gasteiger partial charge in [-0.3, -0.25) is 14.7 Å². The number of amides is 2. The van der Waals surface area contributed by atoms with Crippen LogP contribution >= 0.6 is 11.8 Å². The number of benzene rings is 1. The van der Waals surface area contributed by atoms with E-state index in [-0.39, 0.29) is 18.1 Å². The highest BCUT2D eigenvalue weighted by Crippen LogP contribution is 2.35. The molecule has 11 heteroatoms. The van der Waals surface area contributed by atoms with Crippen molar-refractivity contribution in [3.05, 3.63) is 42.6 Å². The minimum atomic E-state index is -0.348. The lowest BCUT2D eigenvalue weighted by Crippen LogP contribution is -2.35. The van der Waals surface area contributed by atoms with Gasteiger partial charge in [0.2, 0.25) is 11.8 Å². The SMILES string of the molecule is COc1ccc2nccc(N3CC[C@H](NCCC4CN(c5ccc6c(c5)NC(=O)CS6)C(=O)O4)C3)c2n1. The van der Waals surface area contributed by atoms with E-state index in [4.69, 9.17) is 9.47 Å². The number of nitrogens with one attached hydrogen (secondary N) is 2. The maximum atomic E-state index is 12.6. The van der Waals surface area contributed by atoms with Crippen molar-refractivity contribution in [1.82, 2.24) is 15.3 Å². The first-order valence-corrected chi connectivity index (χ1v) is 13.4. The summed E-state index contributed by atoms with van der Waals surface area (Å²) in [5, 5.41) is 6.51. The molecule has 0 radical (unpaired) electrons. The van der Waals surface area contributed by atoms with E-state index in [1.807, 2.05) is 42.6 Å². The number of nitrogens with zero attached hydrogens (tertiary/aromatic N) is 4. The number of ether oxygens (including phenoxy) is 2. The molecule has 37 heavy (non-hydrogen) atoms. The van der Waals surface area contributed by atoms with Crippen LogP contribution in [0.25, 0.3) is 11.0 Å². The van der Waals surface area contributed by atoms with Crippen LogP contribution in [-0.2, 0) is 9.53 Å². The fourth-order valence-electron chi connectivity index (χ4n) is 5.08. The third-order valence-corrected chi connectivity index (χ3v) is 8.03. The number of methoxy groups -OCH3 is 1. The number of aromatic nitrogens is 2. The number of hydrogen-bond acceptors (Lipinski definition) is 9. The number of pyridine rings is 2. The second-order valence-corrected chi connectivity index (χ2v) is 10.4. The molecule has 1 aromatic carbocycles. The van der Waals surface area contributed by atoms with Gasteiger partial charge in [-0.1, -0.05) is 0 Å². The van der Waals surface area contributed by atoms with E-state index in [0.29, 0.717) is 24.2 Å². The van der Waals surface area contributed by atoms with E-state index in [1.54, 1.807) is 12.0 Å². The number of cyclic esters (lactones) is 1. The molecule has 3 aromatic rings. The Morgan fingerprint density at radius 1 is 1.22 bits per heavy atom. The van der Waals surface area contributed by atoms with Crippen molar-refractivity contribution in [2.45, 2.75) is 29.9 Å². The van der Waals surface area contributed by atoms with Crippen LogP contribution < -0.4 is 25.2 Å².